The standard InChI is InChI=1S/C7H11NO/c1-3-7(9)4-6(2)5-8/h3-4,9H,1-2,5,8H2/b7-4+. The van der Waals surface area contributed by atoms with Crippen molar-refractivity contribution in [1.82, 2.24) is 0 Å². The lowest BCUT2D eigenvalue weighted by Crippen LogP contribution is -1.99. The van der Waals surface area contributed by atoms with E-state index in [1.807, 2.05) is 0 Å². The summed E-state index contributed by atoms with van der Waals surface area (Å²) in [5.41, 5.74) is 5.87. The third-order valence-corrected chi connectivity index (χ3v) is 0.823. The molecule has 0 radical (unpaired) electrons. The monoisotopic (exact) mass is 125 g/mol. The molecule has 0 bridgehead atoms. The van der Waals surface area contributed by atoms with Crippen molar-refractivity contribution in [1.29, 1.82) is 0 Å². The topological polar surface area (TPSA) is 46.2 Å². The van der Waals surface area contributed by atoms with Crippen molar-refractivity contribution in [2.45, 2.75) is 0 Å². The Morgan fingerprint density at radius 1 is 1.67 bits per heavy atom. The highest BCUT2D eigenvalue weighted by molar-refractivity contribution is 5.22. The van der Waals surface area contributed by atoms with Crippen LogP contribution in [0.2, 0.25) is 0 Å². The summed E-state index contributed by atoms with van der Waals surface area (Å²) in [6, 6.07) is 0. The van der Waals surface area contributed by atoms with Gasteiger partial charge in [-0.15, -0.1) is 0 Å². The highest BCUT2D eigenvalue weighted by Crippen LogP contribution is 1.95. The molecule has 0 aromatic rings. The van der Waals surface area contributed by atoms with E-state index in [2.05, 4.69) is 13.2 Å². The summed E-state index contributed by atoms with van der Waals surface area (Å²) in [6.07, 6.45) is 2.81. The van der Waals surface area contributed by atoms with Crippen LogP contribution in [0.3, 0.4) is 0 Å². The molecule has 0 atom stereocenters. The highest BCUT2D eigenvalue weighted by Gasteiger charge is 1.85. The summed E-state index contributed by atoms with van der Waals surface area (Å²) in [5, 5.41) is 8.79. The smallest absolute Gasteiger partial charge is 0.115 e. The molecule has 0 aliphatic rings. The number of hydrogen-bond donors (Lipinski definition) is 2. The van der Waals surface area contributed by atoms with E-state index in [-0.39, 0.29) is 5.76 Å². The molecule has 3 N–H and O–H groups in total. The molecule has 0 aliphatic carbocycles. The molecule has 0 spiro atoms. The molecule has 50 valence electrons. The average molecular weight is 125 g/mol. The molecule has 0 saturated carbocycles. The van der Waals surface area contributed by atoms with E-state index in [9.17, 15) is 0 Å². The molecule has 0 aromatic carbocycles. The number of aliphatic hydroxyl groups is 1. The molecule has 0 aliphatic heterocycles. The van der Waals surface area contributed by atoms with Gasteiger partial charge in [0.15, 0.2) is 0 Å². The maximum atomic E-state index is 8.79. The molecule has 0 heterocycles. The first-order valence-corrected chi connectivity index (χ1v) is 2.61. The van der Waals surface area contributed by atoms with Gasteiger partial charge in [0.25, 0.3) is 0 Å². The van der Waals surface area contributed by atoms with E-state index in [0.717, 1.165) is 0 Å². The van der Waals surface area contributed by atoms with Gasteiger partial charge in [0.05, 0.1) is 0 Å². The van der Waals surface area contributed by atoms with Crippen LogP contribution in [0.25, 0.3) is 0 Å². The molecular formula is C7H11NO. The number of nitrogens with two attached hydrogens (primary N) is 1. The van der Waals surface area contributed by atoms with Crippen LogP contribution in [0, 0.1) is 0 Å². The fourth-order valence-corrected chi connectivity index (χ4v) is 0.327. The summed E-state index contributed by atoms with van der Waals surface area (Å²) in [6.45, 7) is 7.26. The lowest BCUT2D eigenvalue weighted by atomic mass is 10.2. The van der Waals surface area contributed by atoms with Crippen LogP contribution in [0.1, 0.15) is 0 Å². The lowest BCUT2D eigenvalue weighted by molar-refractivity contribution is 0.432. The Morgan fingerprint density at radius 2 is 2.22 bits per heavy atom. The van der Waals surface area contributed by atoms with Crippen LogP contribution in [0.15, 0.2) is 36.6 Å². The minimum Gasteiger partial charge on any atom is -0.508 e. The second kappa shape index (κ2) is 3.92. The fraction of sp³-hybridized carbons (Fsp3) is 0.143. The molecule has 0 unspecified atom stereocenters. The summed E-state index contributed by atoms with van der Waals surface area (Å²) in [7, 11) is 0. The maximum Gasteiger partial charge on any atom is 0.115 e. The summed E-state index contributed by atoms with van der Waals surface area (Å²) in [5.74, 6) is 0.102. The lowest BCUT2D eigenvalue weighted by Gasteiger charge is -1.92. The Bertz CT molecular complexity index is 147. The molecule has 0 fully saturated rings. The van der Waals surface area contributed by atoms with Gasteiger partial charge in [-0.2, -0.15) is 0 Å². The summed E-state index contributed by atoms with van der Waals surface area (Å²) >= 11 is 0. The second-order valence-electron chi connectivity index (χ2n) is 1.64. The number of aliphatic hydroxyl groups excluding tert-OH is 1. The Kier molecular flexibility index (Phi) is 3.48. The molecule has 0 aromatic heterocycles. The van der Waals surface area contributed by atoms with E-state index < -0.39 is 0 Å². The molecule has 2 nitrogen and oxygen atoms in total. The van der Waals surface area contributed by atoms with Gasteiger partial charge in [-0.25, -0.2) is 0 Å². The normalized spacial score (nSPS) is 11.0. The van der Waals surface area contributed by atoms with Crippen LogP contribution >= 0.6 is 0 Å². The molecule has 2 heteroatoms. The number of allylic oxidation sites excluding steroid dienone is 1. The molecule has 0 amide bonds. The predicted octanol–water partition coefficient (Wildman–Crippen LogP) is 1.13. The van der Waals surface area contributed by atoms with E-state index in [4.69, 9.17) is 10.8 Å². The fourth-order valence-electron chi connectivity index (χ4n) is 0.327. The zero-order valence-electron chi connectivity index (χ0n) is 5.30. The van der Waals surface area contributed by atoms with Gasteiger partial charge in [-0.05, 0) is 17.7 Å². The van der Waals surface area contributed by atoms with E-state index in [1.54, 1.807) is 0 Å². The van der Waals surface area contributed by atoms with Crippen LogP contribution < -0.4 is 5.73 Å². The highest BCUT2D eigenvalue weighted by atomic mass is 16.3. The summed E-state index contributed by atoms with van der Waals surface area (Å²) in [4.78, 5) is 0. The van der Waals surface area contributed by atoms with Gasteiger partial charge >= 0.3 is 0 Å². The van der Waals surface area contributed by atoms with Crippen LogP contribution in [-0.2, 0) is 0 Å². The van der Waals surface area contributed by atoms with Crippen molar-refractivity contribution in [3.8, 4) is 0 Å². The van der Waals surface area contributed by atoms with E-state index >= 15 is 0 Å². The van der Waals surface area contributed by atoms with Gasteiger partial charge in [0.2, 0.25) is 0 Å². The first-order valence-electron chi connectivity index (χ1n) is 2.61. The van der Waals surface area contributed by atoms with Gasteiger partial charge in [0, 0.05) is 6.54 Å². The Morgan fingerprint density at radius 3 is 2.56 bits per heavy atom. The predicted molar refractivity (Wildman–Crippen MR) is 39.1 cm³/mol. The Labute approximate surface area is 55.0 Å². The largest absolute Gasteiger partial charge is 0.508 e. The quantitative estimate of drug-likeness (QED) is 0.438. The van der Waals surface area contributed by atoms with Crippen LogP contribution in [-0.4, -0.2) is 11.7 Å². The van der Waals surface area contributed by atoms with Gasteiger partial charge < -0.3 is 10.8 Å². The van der Waals surface area contributed by atoms with E-state index in [0.29, 0.717) is 12.1 Å². The van der Waals surface area contributed by atoms with Crippen molar-refractivity contribution in [2.75, 3.05) is 6.54 Å². The zero-order valence-corrected chi connectivity index (χ0v) is 5.30. The number of hydrogen-bond acceptors (Lipinski definition) is 2. The minimum absolute atomic E-state index is 0.102. The van der Waals surface area contributed by atoms with Crippen molar-refractivity contribution < 1.29 is 5.11 Å². The minimum atomic E-state index is 0.102. The maximum absolute atomic E-state index is 8.79. The molecule has 0 saturated heterocycles. The third kappa shape index (κ3) is 3.55. The molecule has 9 heavy (non-hydrogen) atoms. The zero-order chi connectivity index (χ0) is 7.28. The van der Waals surface area contributed by atoms with E-state index in [1.165, 1.54) is 12.2 Å². The van der Waals surface area contributed by atoms with Gasteiger partial charge in [-0.1, -0.05) is 13.2 Å². The third-order valence-electron chi connectivity index (χ3n) is 0.823. The second-order valence-corrected chi connectivity index (χ2v) is 1.64. The van der Waals surface area contributed by atoms with Crippen molar-refractivity contribution >= 4 is 0 Å². The van der Waals surface area contributed by atoms with Crippen molar-refractivity contribution in [3.05, 3.63) is 36.6 Å². The first-order chi connectivity index (χ1) is 4.20. The summed E-state index contributed by atoms with van der Waals surface area (Å²) < 4.78 is 0. The average Bonchev–Trinajstić information content (AvgIpc) is 1.87. The van der Waals surface area contributed by atoms with Crippen LogP contribution in [0.4, 0.5) is 0 Å². The Hall–Kier alpha value is -1.02. The molecule has 0 rings (SSSR count). The van der Waals surface area contributed by atoms with Crippen LogP contribution in [0.5, 0.6) is 0 Å². The van der Waals surface area contributed by atoms with Crippen molar-refractivity contribution in [3.63, 3.8) is 0 Å². The Balaban J connectivity index is 3.94. The number of rotatable bonds is 3. The SMILES string of the molecule is C=C/C(O)=C\C(=C)CN. The van der Waals surface area contributed by atoms with Crippen molar-refractivity contribution in [2.24, 2.45) is 5.73 Å². The van der Waals surface area contributed by atoms with Gasteiger partial charge in [-0.3, -0.25) is 0 Å². The first kappa shape index (κ1) is 7.98. The van der Waals surface area contributed by atoms with Gasteiger partial charge in [0.1, 0.15) is 5.76 Å². The molecular weight excluding hydrogens is 114 g/mol.